The number of hydrogen-bond acceptors (Lipinski definition) is 8. The first-order chi connectivity index (χ1) is 15.9. The van der Waals surface area contributed by atoms with Gasteiger partial charge in [-0.2, -0.15) is 0 Å². The topological polar surface area (TPSA) is 123 Å². The van der Waals surface area contributed by atoms with Gasteiger partial charge in [0.05, 0.1) is 16.5 Å². The Morgan fingerprint density at radius 1 is 1.24 bits per heavy atom. The molecule has 0 fully saturated rings. The van der Waals surface area contributed by atoms with Gasteiger partial charge in [-0.25, -0.2) is 4.98 Å². The van der Waals surface area contributed by atoms with Gasteiger partial charge in [0.25, 0.3) is 11.6 Å². The first-order valence-corrected chi connectivity index (χ1v) is 10.6. The maximum Gasteiger partial charge on any atom is 0.296 e. The predicted octanol–water partition coefficient (Wildman–Crippen LogP) is 4.40. The predicted molar refractivity (Wildman–Crippen MR) is 122 cm³/mol. The van der Waals surface area contributed by atoms with Crippen molar-refractivity contribution in [2.45, 2.75) is 6.04 Å². The number of ether oxygens (including phenoxy) is 1. The number of nitro groups is 1. The fourth-order valence-electron chi connectivity index (χ4n) is 3.48. The Kier molecular flexibility index (Phi) is 6.01. The number of amides is 1. The average molecular weight is 463 g/mol. The summed E-state index contributed by atoms with van der Waals surface area (Å²) in [7, 11) is 0. The Labute approximate surface area is 192 Å². The van der Waals surface area contributed by atoms with E-state index in [0.29, 0.717) is 17.9 Å². The number of aliphatic hydroxyl groups excluding tert-OH is 1. The van der Waals surface area contributed by atoms with Crippen molar-refractivity contribution in [2.24, 2.45) is 0 Å². The number of rotatable bonds is 8. The summed E-state index contributed by atoms with van der Waals surface area (Å²) in [6.07, 6.45) is 3.09. The van der Waals surface area contributed by atoms with E-state index < -0.39 is 28.4 Å². The molecule has 1 aliphatic rings. The van der Waals surface area contributed by atoms with Gasteiger partial charge in [-0.1, -0.05) is 12.7 Å². The van der Waals surface area contributed by atoms with Gasteiger partial charge in [0.1, 0.15) is 12.4 Å². The maximum atomic E-state index is 13.4. The summed E-state index contributed by atoms with van der Waals surface area (Å²) >= 11 is 1.16. The Hall–Kier alpha value is -4.31. The minimum absolute atomic E-state index is 0.135. The Balaban J connectivity index is 1.76. The lowest BCUT2D eigenvalue weighted by atomic mass is 9.93. The van der Waals surface area contributed by atoms with Crippen LogP contribution in [0, 0.1) is 10.1 Å². The zero-order chi connectivity index (χ0) is 23.5. The summed E-state index contributed by atoms with van der Waals surface area (Å²) in [6, 6.07) is 10.7. The van der Waals surface area contributed by atoms with Crippen molar-refractivity contribution in [3.05, 3.63) is 105 Å². The summed E-state index contributed by atoms with van der Waals surface area (Å²) in [5, 5.41) is 23.7. The molecule has 1 unspecified atom stereocenters. The molecule has 0 aliphatic carbocycles. The summed E-state index contributed by atoms with van der Waals surface area (Å²) in [5.74, 6) is -1.49. The third kappa shape index (κ3) is 4.11. The van der Waals surface area contributed by atoms with Gasteiger partial charge in [0, 0.05) is 29.3 Å². The average Bonchev–Trinajstić information content (AvgIpc) is 3.44. The molecule has 166 valence electrons. The number of anilines is 1. The number of aromatic nitrogens is 1. The number of hydrogen-bond donors (Lipinski definition) is 1. The number of Topliss-reactive ketones (excluding diaryl/α,β-unsaturated/α-hetero) is 1. The largest absolute Gasteiger partial charge is 0.503 e. The highest BCUT2D eigenvalue weighted by Gasteiger charge is 2.45. The minimum atomic E-state index is -1.01. The molecule has 1 aliphatic heterocycles. The van der Waals surface area contributed by atoms with E-state index in [9.17, 15) is 24.8 Å². The fraction of sp³-hybridized carbons (Fsp3) is 0.0870. The summed E-state index contributed by atoms with van der Waals surface area (Å²) in [5.41, 5.74) is 0.384. The quantitative estimate of drug-likeness (QED) is 0.227. The maximum absolute atomic E-state index is 13.4. The third-order valence-electron chi connectivity index (χ3n) is 4.98. The van der Waals surface area contributed by atoms with Crippen molar-refractivity contribution >= 4 is 33.8 Å². The van der Waals surface area contributed by atoms with Gasteiger partial charge in [-0.15, -0.1) is 11.3 Å². The molecule has 2 heterocycles. The molecule has 3 aromatic rings. The molecule has 0 saturated carbocycles. The molecule has 10 heteroatoms. The molecule has 2 aromatic carbocycles. The molecule has 0 bridgehead atoms. The summed E-state index contributed by atoms with van der Waals surface area (Å²) < 4.78 is 5.43. The zero-order valence-corrected chi connectivity index (χ0v) is 17.9. The Bertz CT molecular complexity index is 1250. The number of carbonyl (C=O) groups excluding carboxylic acids is 2. The van der Waals surface area contributed by atoms with Crippen LogP contribution in [0.4, 0.5) is 10.8 Å². The second-order valence-electron chi connectivity index (χ2n) is 6.96. The molecule has 9 nitrogen and oxygen atoms in total. The standard InChI is InChI=1S/C23H17N3O6S/c1-2-12-32-17-9-5-15(6-10-17)20(27)18-19(14-3-7-16(8-4-14)26(30)31)25(22(29)21(18)28)23-24-11-13-33-23/h2-11,13,19,28H,1,12H2. The number of aliphatic hydroxyl groups is 1. The molecular weight excluding hydrogens is 446 g/mol. The smallest absolute Gasteiger partial charge is 0.296 e. The number of carbonyl (C=O) groups is 2. The molecule has 0 radical (unpaired) electrons. The van der Waals surface area contributed by atoms with E-state index in [1.165, 1.54) is 47.5 Å². The van der Waals surface area contributed by atoms with E-state index >= 15 is 0 Å². The highest BCUT2D eigenvalue weighted by molar-refractivity contribution is 7.13. The summed E-state index contributed by atoms with van der Waals surface area (Å²) in [6.45, 7) is 3.88. The number of non-ortho nitro benzene ring substituents is 1. The number of benzene rings is 2. The fourth-order valence-corrected chi connectivity index (χ4v) is 4.14. The van der Waals surface area contributed by atoms with Crippen LogP contribution in [-0.2, 0) is 4.79 Å². The Morgan fingerprint density at radius 2 is 1.94 bits per heavy atom. The van der Waals surface area contributed by atoms with Crippen LogP contribution < -0.4 is 9.64 Å². The molecule has 1 aromatic heterocycles. The lowest BCUT2D eigenvalue weighted by Crippen LogP contribution is -2.30. The lowest BCUT2D eigenvalue weighted by molar-refractivity contribution is -0.384. The van der Waals surface area contributed by atoms with Crippen LogP contribution in [0.1, 0.15) is 22.0 Å². The lowest BCUT2D eigenvalue weighted by Gasteiger charge is -2.24. The molecular formula is C23H17N3O6S. The van der Waals surface area contributed by atoms with Crippen molar-refractivity contribution in [3.8, 4) is 5.75 Å². The molecule has 1 N–H and O–H groups in total. The van der Waals surface area contributed by atoms with E-state index in [2.05, 4.69) is 11.6 Å². The Morgan fingerprint density at radius 3 is 2.52 bits per heavy atom. The molecule has 4 rings (SSSR count). The van der Waals surface area contributed by atoms with E-state index in [1.54, 1.807) is 23.6 Å². The van der Waals surface area contributed by atoms with Crippen molar-refractivity contribution in [3.63, 3.8) is 0 Å². The number of ketones is 1. The van der Waals surface area contributed by atoms with E-state index in [-0.39, 0.29) is 22.0 Å². The monoisotopic (exact) mass is 463 g/mol. The van der Waals surface area contributed by atoms with Gasteiger partial charge in [-0.05, 0) is 42.0 Å². The first-order valence-electron chi connectivity index (χ1n) is 9.71. The second kappa shape index (κ2) is 9.05. The van der Waals surface area contributed by atoms with Gasteiger partial charge < -0.3 is 9.84 Å². The van der Waals surface area contributed by atoms with Crippen LogP contribution in [0.15, 0.2) is 84.1 Å². The van der Waals surface area contributed by atoms with Crippen molar-refractivity contribution in [1.29, 1.82) is 0 Å². The van der Waals surface area contributed by atoms with Crippen LogP contribution >= 0.6 is 11.3 Å². The van der Waals surface area contributed by atoms with Gasteiger partial charge in [0.2, 0.25) is 0 Å². The van der Waals surface area contributed by atoms with E-state index in [4.69, 9.17) is 4.74 Å². The van der Waals surface area contributed by atoms with Crippen LogP contribution in [0.2, 0.25) is 0 Å². The van der Waals surface area contributed by atoms with Crippen LogP contribution in [-0.4, -0.2) is 33.3 Å². The molecule has 33 heavy (non-hydrogen) atoms. The number of thiazole rings is 1. The van der Waals surface area contributed by atoms with Crippen molar-refractivity contribution in [2.75, 3.05) is 11.5 Å². The van der Waals surface area contributed by atoms with Gasteiger partial charge in [0.15, 0.2) is 16.7 Å². The number of nitro benzene ring substituents is 1. The second-order valence-corrected chi connectivity index (χ2v) is 7.83. The third-order valence-corrected chi connectivity index (χ3v) is 5.75. The molecule has 0 spiro atoms. The minimum Gasteiger partial charge on any atom is -0.503 e. The highest BCUT2D eigenvalue weighted by atomic mass is 32.1. The molecule has 1 atom stereocenters. The zero-order valence-electron chi connectivity index (χ0n) is 17.1. The van der Waals surface area contributed by atoms with Crippen LogP contribution in [0.3, 0.4) is 0 Å². The van der Waals surface area contributed by atoms with E-state index in [0.717, 1.165) is 11.3 Å². The molecule has 1 amide bonds. The van der Waals surface area contributed by atoms with Gasteiger partial charge >= 0.3 is 0 Å². The first kappa shape index (κ1) is 21.9. The molecule has 0 saturated heterocycles. The number of nitrogens with zero attached hydrogens (tertiary/aromatic N) is 3. The summed E-state index contributed by atoms with van der Waals surface area (Å²) in [4.78, 5) is 42.3. The van der Waals surface area contributed by atoms with E-state index in [1.807, 2.05) is 0 Å². The van der Waals surface area contributed by atoms with Crippen molar-refractivity contribution < 1.29 is 24.4 Å². The van der Waals surface area contributed by atoms with Crippen LogP contribution in [0.25, 0.3) is 0 Å². The van der Waals surface area contributed by atoms with Crippen LogP contribution in [0.5, 0.6) is 5.75 Å². The highest BCUT2D eigenvalue weighted by Crippen LogP contribution is 2.42. The SMILES string of the molecule is C=CCOc1ccc(C(=O)C2=C(O)C(=O)N(c3nccs3)C2c2ccc([N+](=O)[O-])cc2)cc1. The van der Waals surface area contributed by atoms with Crippen molar-refractivity contribution in [1.82, 2.24) is 4.98 Å². The van der Waals surface area contributed by atoms with Gasteiger partial charge in [-0.3, -0.25) is 24.6 Å². The normalized spacial score (nSPS) is 15.6.